The lowest BCUT2D eigenvalue weighted by Crippen LogP contribution is -2.29. The SMILES string of the molecule is CCc1[nH]cc[n+]1C.COCCOCCOS(=O)(=O)[O-]. The molecule has 0 aromatic carbocycles. The van der Waals surface area contributed by atoms with Gasteiger partial charge in [-0.05, 0) is 0 Å². The van der Waals surface area contributed by atoms with Crippen molar-refractivity contribution in [2.24, 2.45) is 7.05 Å². The average Bonchev–Trinajstić information content (AvgIpc) is 2.79. The molecule has 0 aliphatic carbocycles. The van der Waals surface area contributed by atoms with Crippen molar-refractivity contribution in [2.75, 3.05) is 33.5 Å². The van der Waals surface area contributed by atoms with Crippen LogP contribution >= 0.6 is 0 Å². The lowest BCUT2D eigenvalue weighted by molar-refractivity contribution is -0.677. The zero-order chi connectivity index (χ0) is 15.4. The Morgan fingerprint density at radius 3 is 2.35 bits per heavy atom. The van der Waals surface area contributed by atoms with E-state index in [1.54, 1.807) is 0 Å². The molecule has 1 aromatic heterocycles. The van der Waals surface area contributed by atoms with Crippen molar-refractivity contribution in [2.45, 2.75) is 13.3 Å². The monoisotopic (exact) mass is 310 g/mol. The van der Waals surface area contributed by atoms with Gasteiger partial charge in [0.1, 0.15) is 12.4 Å². The van der Waals surface area contributed by atoms with E-state index in [2.05, 4.69) is 25.4 Å². The Hall–Kier alpha value is -1.00. The number of aryl methyl sites for hydroxylation is 2. The van der Waals surface area contributed by atoms with Crippen molar-refractivity contribution < 1.29 is 31.2 Å². The molecule has 0 aliphatic heterocycles. The Morgan fingerprint density at radius 2 is 1.95 bits per heavy atom. The number of H-pyrrole nitrogens is 1. The molecular formula is C11H22N2O6S. The van der Waals surface area contributed by atoms with Crippen LogP contribution in [0.2, 0.25) is 0 Å². The van der Waals surface area contributed by atoms with Crippen molar-refractivity contribution in [3.8, 4) is 0 Å². The van der Waals surface area contributed by atoms with Crippen molar-refractivity contribution in [3.63, 3.8) is 0 Å². The molecule has 1 heterocycles. The molecule has 0 saturated heterocycles. The first-order chi connectivity index (χ1) is 9.40. The predicted octanol–water partition coefficient (Wildman–Crippen LogP) is -0.472. The molecule has 20 heavy (non-hydrogen) atoms. The maximum absolute atomic E-state index is 9.86. The second-order valence-electron chi connectivity index (χ2n) is 3.71. The second-order valence-corrected chi connectivity index (χ2v) is 4.76. The molecule has 0 radical (unpaired) electrons. The van der Waals surface area contributed by atoms with E-state index < -0.39 is 10.4 Å². The van der Waals surface area contributed by atoms with Gasteiger partial charge < -0.3 is 14.0 Å². The van der Waals surface area contributed by atoms with Crippen LogP contribution in [0, 0.1) is 0 Å². The van der Waals surface area contributed by atoms with Gasteiger partial charge in [0.05, 0.1) is 33.5 Å². The molecule has 1 aromatic rings. The molecule has 0 saturated carbocycles. The normalized spacial score (nSPS) is 11.0. The first kappa shape index (κ1) is 19.0. The highest BCUT2D eigenvalue weighted by Crippen LogP contribution is 1.85. The second kappa shape index (κ2) is 10.7. The van der Waals surface area contributed by atoms with Gasteiger partial charge in [-0.3, -0.25) is 4.18 Å². The summed E-state index contributed by atoms with van der Waals surface area (Å²) >= 11 is 0. The Kier molecular flexibility index (Phi) is 10.2. The van der Waals surface area contributed by atoms with Gasteiger partial charge in [-0.1, -0.05) is 6.92 Å². The van der Waals surface area contributed by atoms with E-state index in [1.165, 1.54) is 12.9 Å². The third-order valence-electron chi connectivity index (χ3n) is 2.20. The molecule has 0 bridgehead atoms. The Bertz CT molecular complexity index is 446. The smallest absolute Gasteiger partial charge is 0.253 e. The van der Waals surface area contributed by atoms with Gasteiger partial charge in [0, 0.05) is 13.5 Å². The summed E-state index contributed by atoms with van der Waals surface area (Å²) in [5, 5.41) is 0. The third kappa shape index (κ3) is 10.9. The maximum atomic E-state index is 9.86. The van der Waals surface area contributed by atoms with Crippen LogP contribution in [0.15, 0.2) is 12.4 Å². The lowest BCUT2D eigenvalue weighted by atomic mass is 10.5. The summed E-state index contributed by atoms with van der Waals surface area (Å²) in [7, 11) is -1.03. The summed E-state index contributed by atoms with van der Waals surface area (Å²) in [5.41, 5.74) is 0. The number of rotatable bonds is 8. The fourth-order valence-corrected chi connectivity index (χ4v) is 1.50. The Morgan fingerprint density at radius 1 is 1.30 bits per heavy atom. The van der Waals surface area contributed by atoms with E-state index in [4.69, 9.17) is 4.74 Å². The van der Waals surface area contributed by atoms with Gasteiger partial charge in [-0.15, -0.1) is 0 Å². The van der Waals surface area contributed by atoms with Gasteiger partial charge in [0.25, 0.3) is 5.82 Å². The predicted molar refractivity (Wildman–Crippen MR) is 69.7 cm³/mol. The maximum Gasteiger partial charge on any atom is 0.253 e. The average molecular weight is 310 g/mol. The van der Waals surface area contributed by atoms with Gasteiger partial charge in [-0.25, -0.2) is 18.0 Å². The van der Waals surface area contributed by atoms with Crippen LogP contribution < -0.4 is 4.57 Å². The largest absolute Gasteiger partial charge is 0.726 e. The number of aromatic nitrogens is 2. The highest BCUT2D eigenvalue weighted by molar-refractivity contribution is 7.80. The fraction of sp³-hybridized carbons (Fsp3) is 0.727. The number of ether oxygens (including phenoxy) is 2. The minimum absolute atomic E-state index is 0.0603. The number of nitrogens with zero attached hydrogens (tertiary/aromatic N) is 1. The van der Waals surface area contributed by atoms with Crippen LogP contribution in [-0.2, 0) is 37.5 Å². The molecule has 1 rings (SSSR count). The zero-order valence-corrected chi connectivity index (χ0v) is 12.8. The molecule has 0 fully saturated rings. The van der Waals surface area contributed by atoms with Gasteiger partial charge in [-0.2, -0.15) is 0 Å². The van der Waals surface area contributed by atoms with Crippen LogP contribution in [0.3, 0.4) is 0 Å². The molecule has 0 atom stereocenters. The number of hydrogen-bond donors (Lipinski definition) is 1. The molecular weight excluding hydrogens is 288 g/mol. The van der Waals surface area contributed by atoms with Crippen molar-refractivity contribution in [1.82, 2.24) is 4.98 Å². The first-order valence-corrected chi connectivity index (χ1v) is 7.42. The highest BCUT2D eigenvalue weighted by atomic mass is 32.3. The Balaban J connectivity index is 0.000000388. The summed E-state index contributed by atoms with van der Waals surface area (Å²) in [6.07, 6.45) is 5.03. The number of hydrogen-bond acceptors (Lipinski definition) is 6. The van der Waals surface area contributed by atoms with Crippen LogP contribution in [0.25, 0.3) is 0 Å². The fourth-order valence-electron chi connectivity index (χ4n) is 1.23. The van der Waals surface area contributed by atoms with E-state index in [9.17, 15) is 13.0 Å². The molecule has 1 N–H and O–H groups in total. The van der Waals surface area contributed by atoms with E-state index in [-0.39, 0.29) is 13.2 Å². The summed E-state index contributed by atoms with van der Waals surface area (Å²) in [6, 6.07) is 0. The summed E-state index contributed by atoms with van der Waals surface area (Å²) in [5.74, 6) is 1.27. The van der Waals surface area contributed by atoms with Crippen LogP contribution in [0.1, 0.15) is 12.7 Å². The van der Waals surface area contributed by atoms with Gasteiger partial charge in [0.15, 0.2) is 0 Å². The quantitative estimate of drug-likeness (QED) is 0.301. The zero-order valence-electron chi connectivity index (χ0n) is 12.0. The van der Waals surface area contributed by atoms with E-state index in [1.807, 2.05) is 19.4 Å². The molecule has 0 amide bonds. The minimum atomic E-state index is -4.58. The van der Waals surface area contributed by atoms with Crippen LogP contribution in [0.5, 0.6) is 0 Å². The summed E-state index contributed by atoms with van der Waals surface area (Å²) in [6.45, 7) is 2.70. The highest BCUT2D eigenvalue weighted by Gasteiger charge is 1.99. The topological polar surface area (TPSA) is 105 Å². The van der Waals surface area contributed by atoms with Gasteiger partial charge >= 0.3 is 0 Å². The van der Waals surface area contributed by atoms with Crippen LogP contribution in [-0.4, -0.2) is 51.5 Å². The third-order valence-corrected chi connectivity index (χ3v) is 2.65. The van der Waals surface area contributed by atoms with Crippen molar-refractivity contribution >= 4 is 10.4 Å². The Labute approximate surface area is 119 Å². The number of aromatic amines is 1. The summed E-state index contributed by atoms with van der Waals surface area (Å²) in [4.78, 5) is 3.12. The molecule has 118 valence electrons. The summed E-state index contributed by atoms with van der Waals surface area (Å²) < 4.78 is 45.0. The number of methoxy groups -OCH3 is 1. The molecule has 8 nitrogen and oxygen atoms in total. The standard InChI is InChI=1S/C6H10N2.C5H12O6S/c1-3-6-7-4-5-8(6)2;1-9-2-3-10-4-5-11-12(6,7)8/h4-5H,3H2,1-2H3;2-5H2,1H3,(H,6,7,8). The van der Waals surface area contributed by atoms with Crippen LogP contribution in [0.4, 0.5) is 0 Å². The molecule has 0 unspecified atom stereocenters. The van der Waals surface area contributed by atoms with E-state index in [0.29, 0.717) is 13.2 Å². The van der Waals surface area contributed by atoms with Crippen molar-refractivity contribution in [3.05, 3.63) is 18.2 Å². The molecule has 0 aliphatic rings. The molecule has 0 spiro atoms. The van der Waals surface area contributed by atoms with Gasteiger partial charge in [0.2, 0.25) is 10.4 Å². The van der Waals surface area contributed by atoms with E-state index >= 15 is 0 Å². The molecule has 9 heteroatoms. The van der Waals surface area contributed by atoms with E-state index in [0.717, 1.165) is 6.42 Å². The number of imidazole rings is 1. The van der Waals surface area contributed by atoms with Crippen molar-refractivity contribution in [1.29, 1.82) is 0 Å². The number of nitrogens with one attached hydrogen (secondary N) is 1. The lowest BCUT2D eigenvalue weighted by Gasteiger charge is -2.07. The minimum Gasteiger partial charge on any atom is -0.726 e. The first-order valence-electron chi connectivity index (χ1n) is 6.09.